The van der Waals surface area contributed by atoms with E-state index in [0.29, 0.717) is 0 Å². The second-order valence-electron chi connectivity index (χ2n) is 14.9. The van der Waals surface area contributed by atoms with Crippen LogP contribution in [-0.2, 0) is 0 Å². The Balaban J connectivity index is 0.993. The summed E-state index contributed by atoms with van der Waals surface area (Å²) in [6, 6.07) is 80.6. The Labute approximate surface area is 337 Å². The molecule has 1 aromatic heterocycles. The monoisotopic (exact) mass is 739 g/mol. The number of rotatable bonds is 7. The first-order chi connectivity index (χ1) is 28.7. The van der Waals surface area contributed by atoms with Gasteiger partial charge in [0.15, 0.2) is 0 Å². The largest absolute Gasteiger partial charge is 0.455 e. The van der Waals surface area contributed by atoms with Crippen LogP contribution >= 0.6 is 0 Å². The lowest BCUT2D eigenvalue weighted by molar-refractivity contribution is 0.672. The molecule has 0 amide bonds. The van der Waals surface area contributed by atoms with Crippen molar-refractivity contribution in [3.63, 3.8) is 0 Å². The van der Waals surface area contributed by atoms with Gasteiger partial charge in [0.2, 0.25) is 0 Å². The van der Waals surface area contributed by atoms with Gasteiger partial charge in [-0.2, -0.15) is 0 Å². The fraction of sp³-hybridized carbons (Fsp3) is 0. The van der Waals surface area contributed by atoms with Crippen LogP contribution in [0.3, 0.4) is 0 Å². The topological polar surface area (TPSA) is 16.4 Å². The molecule has 2 heteroatoms. The number of anilines is 3. The summed E-state index contributed by atoms with van der Waals surface area (Å²) in [6.07, 6.45) is 0. The number of fused-ring (bicyclic) bond motifs is 6. The van der Waals surface area contributed by atoms with E-state index in [-0.39, 0.29) is 0 Å². The zero-order valence-electron chi connectivity index (χ0n) is 31.7. The molecule has 2 nitrogen and oxygen atoms in total. The molecule has 0 aliphatic carbocycles. The van der Waals surface area contributed by atoms with E-state index in [1.165, 1.54) is 60.7 Å². The molecule has 0 radical (unpaired) electrons. The molecule has 0 spiro atoms. The number of hydrogen-bond acceptors (Lipinski definition) is 2. The summed E-state index contributed by atoms with van der Waals surface area (Å²) >= 11 is 0. The van der Waals surface area contributed by atoms with Crippen molar-refractivity contribution in [2.24, 2.45) is 0 Å². The predicted molar refractivity (Wildman–Crippen MR) is 245 cm³/mol. The molecule has 0 atom stereocenters. The summed E-state index contributed by atoms with van der Waals surface area (Å²) in [5.74, 6) is 0. The third-order valence-corrected chi connectivity index (χ3v) is 11.5. The van der Waals surface area contributed by atoms with Gasteiger partial charge in [-0.25, -0.2) is 0 Å². The van der Waals surface area contributed by atoms with Crippen LogP contribution in [0.4, 0.5) is 17.1 Å². The van der Waals surface area contributed by atoms with Crippen LogP contribution in [-0.4, -0.2) is 0 Å². The Morgan fingerprint density at radius 3 is 1.47 bits per heavy atom. The maximum atomic E-state index is 6.67. The van der Waals surface area contributed by atoms with Crippen molar-refractivity contribution in [1.29, 1.82) is 0 Å². The van der Waals surface area contributed by atoms with Gasteiger partial charge in [0.05, 0.1) is 11.1 Å². The van der Waals surface area contributed by atoms with Crippen molar-refractivity contribution >= 4 is 60.5 Å². The lowest BCUT2D eigenvalue weighted by Crippen LogP contribution is -2.10. The molecule has 0 unspecified atom stereocenters. The van der Waals surface area contributed by atoms with Crippen molar-refractivity contribution < 1.29 is 4.42 Å². The molecule has 0 aliphatic heterocycles. The molecule has 0 saturated heterocycles. The average Bonchev–Trinajstić information content (AvgIpc) is 3.70. The minimum Gasteiger partial charge on any atom is -0.455 e. The lowest BCUT2D eigenvalue weighted by atomic mass is 9.98. The van der Waals surface area contributed by atoms with Gasteiger partial charge in [-0.15, -0.1) is 0 Å². The first kappa shape index (κ1) is 33.6. The molecule has 1 heterocycles. The lowest BCUT2D eigenvalue weighted by Gasteiger charge is -2.26. The van der Waals surface area contributed by atoms with Crippen LogP contribution in [0.1, 0.15) is 0 Å². The van der Waals surface area contributed by atoms with Crippen molar-refractivity contribution in [2.45, 2.75) is 0 Å². The summed E-state index contributed by atoms with van der Waals surface area (Å²) in [5, 5.41) is 6.99. The van der Waals surface area contributed by atoms with Crippen LogP contribution in [0.5, 0.6) is 0 Å². The van der Waals surface area contributed by atoms with Crippen LogP contribution in [0, 0.1) is 0 Å². The normalized spacial score (nSPS) is 11.4. The molecular weight excluding hydrogens is 703 g/mol. The highest BCUT2D eigenvalue weighted by Crippen LogP contribution is 2.45. The minimum absolute atomic E-state index is 0.867. The zero-order valence-corrected chi connectivity index (χ0v) is 31.7. The molecule has 11 aromatic rings. The Morgan fingerprint density at radius 1 is 0.293 bits per heavy atom. The first-order valence-corrected chi connectivity index (χ1v) is 19.8. The quantitative estimate of drug-likeness (QED) is 0.162. The minimum atomic E-state index is 0.867. The van der Waals surface area contributed by atoms with Crippen LogP contribution in [0.2, 0.25) is 0 Å². The van der Waals surface area contributed by atoms with E-state index >= 15 is 0 Å². The van der Waals surface area contributed by atoms with Gasteiger partial charge in [-0.05, 0) is 115 Å². The highest BCUT2D eigenvalue weighted by Gasteiger charge is 2.20. The van der Waals surface area contributed by atoms with E-state index in [1.54, 1.807) is 0 Å². The number of furan rings is 1. The molecule has 0 aliphatic rings. The number of nitrogens with zero attached hydrogens (tertiary/aromatic N) is 1. The maximum Gasteiger partial charge on any atom is 0.143 e. The summed E-state index contributed by atoms with van der Waals surface area (Å²) in [4.78, 5) is 2.36. The standard InChI is InChI=1S/C56H37NO/c1-2-10-38(11-3-1)46-15-8-16-47(36-46)43-28-33-50(34-29-43)57(53-18-9-19-54-55(53)52-35-30-44-13-6-7-17-51(44)56(52)58-54)49-31-26-41(27-32-49)40-20-22-42(23-21-40)48-25-24-39-12-4-5-14-45(39)37-48/h1-37H. The molecule has 272 valence electrons. The highest BCUT2D eigenvalue weighted by molar-refractivity contribution is 6.19. The molecule has 11 rings (SSSR count). The third-order valence-electron chi connectivity index (χ3n) is 11.5. The second-order valence-corrected chi connectivity index (χ2v) is 14.9. The van der Waals surface area contributed by atoms with Crippen molar-refractivity contribution in [3.05, 3.63) is 224 Å². The summed E-state index contributed by atoms with van der Waals surface area (Å²) in [6.45, 7) is 0. The van der Waals surface area contributed by atoms with Crippen LogP contribution in [0.25, 0.3) is 88.0 Å². The summed E-state index contributed by atoms with van der Waals surface area (Å²) in [7, 11) is 0. The van der Waals surface area contributed by atoms with E-state index < -0.39 is 0 Å². The van der Waals surface area contributed by atoms with Gasteiger partial charge >= 0.3 is 0 Å². The maximum absolute atomic E-state index is 6.67. The molecule has 0 saturated carbocycles. The first-order valence-electron chi connectivity index (χ1n) is 19.8. The van der Waals surface area contributed by atoms with Crippen LogP contribution < -0.4 is 4.90 Å². The molecule has 0 fully saturated rings. The van der Waals surface area contributed by atoms with E-state index in [9.17, 15) is 0 Å². The van der Waals surface area contributed by atoms with E-state index in [0.717, 1.165) is 44.4 Å². The van der Waals surface area contributed by atoms with Gasteiger partial charge in [0.25, 0.3) is 0 Å². The van der Waals surface area contributed by atoms with Gasteiger partial charge in [0, 0.05) is 22.1 Å². The highest BCUT2D eigenvalue weighted by atomic mass is 16.3. The molecule has 10 aromatic carbocycles. The molecule has 58 heavy (non-hydrogen) atoms. The fourth-order valence-corrected chi connectivity index (χ4v) is 8.49. The Kier molecular flexibility index (Phi) is 8.19. The second kappa shape index (κ2) is 14.1. The van der Waals surface area contributed by atoms with E-state index in [4.69, 9.17) is 4.42 Å². The van der Waals surface area contributed by atoms with Crippen LogP contribution in [0.15, 0.2) is 229 Å². The molecule has 0 N–H and O–H groups in total. The van der Waals surface area contributed by atoms with E-state index in [2.05, 4.69) is 229 Å². The fourth-order valence-electron chi connectivity index (χ4n) is 8.49. The van der Waals surface area contributed by atoms with Gasteiger partial charge in [-0.3, -0.25) is 0 Å². The molecule has 0 bridgehead atoms. The van der Waals surface area contributed by atoms with Gasteiger partial charge in [0.1, 0.15) is 11.2 Å². The Hall–Kier alpha value is -7.68. The Bertz CT molecular complexity index is 3250. The zero-order chi connectivity index (χ0) is 38.4. The van der Waals surface area contributed by atoms with Crippen molar-refractivity contribution in [1.82, 2.24) is 0 Å². The molecular formula is C56H37NO. The number of benzene rings is 10. The summed E-state index contributed by atoms with van der Waals surface area (Å²) < 4.78 is 6.67. The third kappa shape index (κ3) is 6.00. The average molecular weight is 740 g/mol. The number of hydrogen-bond donors (Lipinski definition) is 0. The van der Waals surface area contributed by atoms with E-state index in [1.807, 2.05) is 0 Å². The van der Waals surface area contributed by atoms with Crippen molar-refractivity contribution in [2.75, 3.05) is 4.90 Å². The SMILES string of the molecule is c1ccc(-c2cccc(-c3ccc(N(c4ccc(-c5ccc(-c6ccc7ccccc7c6)cc5)cc4)c4cccc5oc6c7ccccc7ccc6c45)cc3)c2)cc1. The predicted octanol–water partition coefficient (Wildman–Crippen LogP) is 16.0. The summed E-state index contributed by atoms with van der Waals surface area (Å²) in [5.41, 5.74) is 14.5. The van der Waals surface area contributed by atoms with Gasteiger partial charge < -0.3 is 9.32 Å². The van der Waals surface area contributed by atoms with Gasteiger partial charge in [-0.1, -0.05) is 170 Å². The van der Waals surface area contributed by atoms with Crippen molar-refractivity contribution in [3.8, 4) is 44.5 Å². The smallest absolute Gasteiger partial charge is 0.143 e. The Morgan fingerprint density at radius 2 is 0.776 bits per heavy atom.